The molecule has 0 spiro atoms. The van der Waals surface area contributed by atoms with Gasteiger partial charge in [0.1, 0.15) is 4.21 Å². The van der Waals surface area contributed by atoms with E-state index in [0.717, 1.165) is 17.7 Å². The highest BCUT2D eigenvalue weighted by atomic mass is 32.2. The molecule has 1 atom stereocenters. The van der Waals surface area contributed by atoms with E-state index in [9.17, 15) is 8.42 Å². The predicted octanol–water partition coefficient (Wildman–Crippen LogP) is 1.31. The second kappa shape index (κ2) is 5.88. The zero-order chi connectivity index (χ0) is 13.9. The van der Waals surface area contributed by atoms with Crippen molar-refractivity contribution in [1.82, 2.24) is 10.0 Å². The lowest BCUT2D eigenvalue weighted by molar-refractivity contribution is 0.0250. The molecule has 0 aliphatic carbocycles. The second-order valence-electron chi connectivity index (χ2n) is 4.98. The van der Waals surface area contributed by atoms with E-state index in [1.165, 1.54) is 11.3 Å². The normalized spacial score (nSPS) is 23.9. The van der Waals surface area contributed by atoms with Crippen LogP contribution >= 0.6 is 11.3 Å². The van der Waals surface area contributed by atoms with Crippen LogP contribution in [0.25, 0.3) is 0 Å². The van der Waals surface area contributed by atoms with Gasteiger partial charge in [0.05, 0.1) is 5.60 Å². The van der Waals surface area contributed by atoms with Crippen LogP contribution in [0.1, 0.15) is 24.6 Å². The quantitative estimate of drug-likeness (QED) is 0.832. The number of ether oxygens (including phenoxy) is 1. The van der Waals surface area contributed by atoms with Crippen LogP contribution in [-0.2, 0) is 21.3 Å². The Labute approximate surface area is 118 Å². The molecule has 0 amide bonds. The van der Waals surface area contributed by atoms with Crippen molar-refractivity contribution in [2.45, 2.75) is 36.1 Å². The molecule has 1 aromatic heterocycles. The molecule has 1 aliphatic rings. The smallest absolute Gasteiger partial charge is 0.250 e. The SMILES string of the molecule is CNCc1ccc(S(=O)(=O)NCC2(C)CCCO2)s1. The highest BCUT2D eigenvalue weighted by Gasteiger charge is 2.31. The minimum atomic E-state index is -3.42. The summed E-state index contributed by atoms with van der Waals surface area (Å²) < 4.78 is 32.9. The monoisotopic (exact) mass is 304 g/mol. The van der Waals surface area contributed by atoms with Gasteiger partial charge in [-0.3, -0.25) is 0 Å². The molecule has 19 heavy (non-hydrogen) atoms. The van der Waals surface area contributed by atoms with Gasteiger partial charge in [0.25, 0.3) is 0 Å². The van der Waals surface area contributed by atoms with E-state index in [0.29, 0.717) is 23.9 Å². The molecule has 2 rings (SSSR count). The number of hydrogen-bond donors (Lipinski definition) is 2. The molecule has 1 unspecified atom stereocenters. The van der Waals surface area contributed by atoms with Gasteiger partial charge in [-0.05, 0) is 38.9 Å². The molecular weight excluding hydrogens is 284 g/mol. The summed E-state index contributed by atoms with van der Waals surface area (Å²) in [7, 11) is -1.58. The molecule has 1 aromatic rings. The summed E-state index contributed by atoms with van der Waals surface area (Å²) in [5.74, 6) is 0. The summed E-state index contributed by atoms with van der Waals surface area (Å²) >= 11 is 1.29. The Morgan fingerprint density at radius 3 is 2.89 bits per heavy atom. The topological polar surface area (TPSA) is 67.4 Å². The molecule has 7 heteroatoms. The Morgan fingerprint density at radius 1 is 1.47 bits per heavy atom. The van der Waals surface area contributed by atoms with Crippen molar-refractivity contribution >= 4 is 21.4 Å². The highest BCUT2D eigenvalue weighted by molar-refractivity contribution is 7.91. The van der Waals surface area contributed by atoms with Gasteiger partial charge in [-0.25, -0.2) is 13.1 Å². The average Bonchev–Trinajstić information content (AvgIpc) is 2.98. The zero-order valence-electron chi connectivity index (χ0n) is 11.2. The minimum Gasteiger partial charge on any atom is -0.374 e. The maximum Gasteiger partial charge on any atom is 0.250 e. The lowest BCUT2D eigenvalue weighted by Crippen LogP contribution is -2.39. The third kappa shape index (κ3) is 3.76. The average molecular weight is 304 g/mol. The number of thiophene rings is 1. The van der Waals surface area contributed by atoms with Crippen LogP contribution in [0.3, 0.4) is 0 Å². The maximum absolute atomic E-state index is 12.2. The molecule has 0 saturated carbocycles. The summed E-state index contributed by atoms with van der Waals surface area (Å²) in [6.45, 7) is 3.67. The van der Waals surface area contributed by atoms with Crippen molar-refractivity contribution in [3.8, 4) is 0 Å². The molecule has 0 bridgehead atoms. The van der Waals surface area contributed by atoms with E-state index in [1.807, 2.05) is 20.0 Å². The van der Waals surface area contributed by atoms with Gasteiger partial charge in [0.15, 0.2) is 0 Å². The molecule has 0 radical (unpaired) electrons. The minimum absolute atomic E-state index is 0.328. The third-order valence-corrected chi connectivity index (χ3v) is 6.17. The molecule has 108 valence electrons. The second-order valence-corrected chi connectivity index (χ2v) is 8.14. The van der Waals surface area contributed by atoms with Crippen molar-refractivity contribution in [2.75, 3.05) is 20.2 Å². The Kier molecular flexibility index (Phi) is 4.62. The van der Waals surface area contributed by atoms with Gasteiger partial charge in [0.2, 0.25) is 10.0 Å². The van der Waals surface area contributed by atoms with E-state index in [-0.39, 0.29) is 5.60 Å². The molecule has 0 aromatic carbocycles. The van der Waals surface area contributed by atoms with Crippen molar-refractivity contribution in [2.24, 2.45) is 0 Å². The van der Waals surface area contributed by atoms with E-state index < -0.39 is 10.0 Å². The van der Waals surface area contributed by atoms with Crippen LogP contribution in [0.5, 0.6) is 0 Å². The molecule has 1 saturated heterocycles. The van der Waals surface area contributed by atoms with Crippen LogP contribution in [0, 0.1) is 0 Å². The fourth-order valence-corrected chi connectivity index (χ4v) is 4.64. The van der Waals surface area contributed by atoms with Crippen molar-refractivity contribution in [1.29, 1.82) is 0 Å². The first-order valence-electron chi connectivity index (χ1n) is 6.32. The van der Waals surface area contributed by atoms with Crippen LogP contribution in [-0.4, -0.2) is 34.2 Å². The fraction of sp³-hybridized carbons (Fsp3) is 0.667. The molecule has 1 aliphatic heterocycles. The molecular formula is C12H20N2O3S2. The van der Waals surface area contributed by atoms with E-state index in [1.54, 1.807) is 6.07 Å². The Balaban J connectivity index is 2.01. The summed E-state index contributed by atoms with van der Waals surface area (Å²) in [4.78, 5) is 1.01. The predicted molar refractivity (Wildman–Crippen MR) is 75.9 cm³/mol. The first-order valence-corrected chi connectivity index (χ1v) is 8.62. The van der Waals surface area contributed by atoms with Gasteiger partial charge in [-0.1, -0.05) is 0 Å². The summed E-state index contributed by atoms with van der Waals surface area (Å²) in [5.41, 5.74) is -0.363. The van der Waals surface area contributed by atoms with Gasteiger partial charge in [-0.15, -0.1) is 11.3 Å². The Hall–Kier alpha value is -0.470. The zero-order valence-corrected chi connectivity index (χ0v) is 12.9. The van der Waals surface area contributed by atoms with E-state index in [4.69, 9.17) is 4.74 Å². The molecule has 5 nitrogen and oxygen atoms in total. The van der Waals surface area contributed by atoms with Crippen LogP contribution in [0.2, 0.25) is 0 Å². The van der Waals surface area contributed by atoms with E-state index in [2.05, 4.69) is 10.0 Å². The lowest BCUT2D eigenvalue weighted by atomic mass is 10.0. The number of hydrogen-bond acceptors (Lipinski definition) is 5. The first-order chi connectivity index (χ1) is 8.95. The van der Waals surface area contributed by atoms with Gasteiger partial charge < -0.3 is 10.1 Å². The van der Waals surface area contributed by atoms with Gasteiger partial charge >= 0.3 is 0 Å². The van der Waals surface area contributed by atoms with Crippen molar-refractivity contribution in [3.63, 3.8) is 0 Å². The Morgan fingerprint density at radius 2 is 2.26 bits per heavy atom. The largest absolute Gasteiger partial charge is 0.374 e. The summed E-state index contributed by atoms with van der Waals surface area (Å²) in [6.07, 6.45) is 1.88. The van der Waals surface area contributed by atoms with Gasteiger partial charge in [0, 0.05) is 24.6 Å². The number of nitrogens with one attached hydrogen (secondary N) is 2. The maximum atomic E-state index is 12.2. The van der Waals surface area contributed by atoms with Crippen LogP contribution in [0.4, 0.5) is 0 Å². The third-order valence-electron chi connectivity index (χ3n) is 3.19. The number of sulfonamides is 1. The fourth-order valence-electron chi connectivity index (χ4n) is 2.07. The standard InChI is InChI=1S/C12H20N2O3S2/c1-12(6-3-7-17-12)9-14-19(15,16)11-5-4-10(18-11)8-13-2/h4-5,13-14H,3,6-9H2,1-2H3. The Bertz CT molecular complexity index is 519. The molecule has 2 N–H and O–H groups in total. The van der Waals surface area contributed by atoms with E-state index >= 15 is 0 Å². The number of rotatable bonds is 6. The molecule has 2 heterocycles. The van der Waals surface area contributed by atoms with Crippen LogP contribution in [0.15, 0.2) is 16.3 Å². The summed E-state index contributed by atoms with van der Waals surface area (Å²) in [6, 6.07) is 3.49. The highest BCUT2D eigenvalue weighted by Crippen LogP contribution is 2.26. The van der Waals surface area contributed by atoms with Crippen LogP contribution < -0.4 is 10.0 Å². The lowest BCUT2D eigenvalue weighted by Gasteiger charge is -2.22. The molecule has 1 fully saturated rings. The summed E-state index contributed by atoms with van der Waals surface area (Å²) in [5, 5.41) is 3.01. The first kappa shape index (κ1) is 14.9. The van der Waals surface area contributed by atoms with Crippen molar-refractivity contribution in [3.05, 3.63) is 17.0 Å². The van der Waals surface area contributed by atoms with Gasteiger partial charge in [-0.2, -0.15) is 0 Å². The van der Waals surface area contributed by atoms with Crippen molar-refractivity contribution < 1.29 is 13.2 Å².